The molecule has 0 aromatic heterocycles. The van der Waals surface area contributed by atoms with Crippen LogP contribution in [0.15, 0.2) is 146 Å². The number of unbranched alkanes of at least 4 members (excludes halogenated alkanes) is 38. The van der Waals surface area contributed by atoms with E-state index in [0.717, 1.165) is 103 Å². The van der Waals surface area contributed by atoms with Crippen LogP contribution < -0.4 is 0 Å². The molecule has 4 aromatic carbocycles. The minimum atomic E-state index is -0.876. The van der Waals surface area contributed by atoms with Gasteiger partial charge < -0.3 is 20.4 Å². The number of carbonyl (C=O) groups is 4. The number of benzene rings is 4. The first-order valence-corrected chi connectivity index (χ1v) is 61.0. The molecule has 0 atom stereocenters. The second-order valence-corrected chi connectivity index (χ2v) is 46.8. The number of hydrogen-bond acceptors (Lipinski definition) is 4. The van der Waals surface area contributed by atoms with Crippen molar-refractivity contribution in [3.63, 3.8) is 0 Å². The lowest BCUT2D eigenvalue weighted by Crippen LogP contribution is -1.95. The number of rotatable bonds is 73. The van der Waals surface area contributed by atoms with E-state index >= 15 is 0 Å². The van der Waals surface area contributed by atoms with Crippen LogP contribution in [0.4, 0.5) is 0 Å². The normalized spacial score (nSPS) is 10.9. The molecule has 8 nitrogen and oxygen atoms in total. The Hall–Kier alpha value is -5.76. The van der Waals surface area contributed by atoms with Gasteiger partial charge in [0, 0.05) is 25.0 Å². The topological polar surface area (TPSA) is 149 Å². The summed E-state index contributed by atoms with van der Waals surface area (Å²) in [4.78, 5) is 40.0. The highest BCUT2D eigenvalue weighted by molar-refractivity contribution is 5.80. The lowest BCUT2D eigenvalue weighted by molar-refractivity contribution is -0.138. The van der Waals surface area contributed by atoms with Gasteiger partial charge in [-0.2, -0.15) is 0 Å². The maximum Gasteiger partial charge on any atom is 0.327 e. The van der Waals surface area contributed by atoms with E-state index in [4.69, 9.17) is 20.4 Å². The second-order valence-electron chi connectivity index (χ2n) is 46.8. The van der Waals surface area contributed by atoms with E-state index in [1.54, 1.807) is 12.2 Å². The fourth-order valence-corrected chi connectivity index (χ4v) is 15.3. The molecular weight excluding hydrogens is 1760 g/mol. The summed E-state index contributed by atoms with van der Waals surface area (Å²) in [7, 11) is 0. The van der Waals surface area contributed by atoms with Crippen LogP contribution in [0.25, 0.3) is 0 Å². The molecule has 0 aliphatic heterocycles. The molecule has 0 unspecified atom stereocenters. The zero-order valence-corrected chi connectivity index (χ0v) is 102. The van der Waals surface area contributed by atoms with Crippen LogP contribution in [0, 0.1) is 76.9 Å². The molecule has 8 heteroatoms. The van der Waals surface area contributed by atoms with Crippen LogP contribution in [0.1, 0.15) is 595 Å². The summed E-state index contributed by atoms with van der Waals surface area (Å²) in [5.74, 6) is 7.00. The van der Waals surface area contributed by atoms with Gasteiger partial charge >= 0.3 is 23.9 Å². The Kier molecular flexibility index (Phi) is 132. The van der Waals surface area contributed by atoms with E-state index in [1.165, 1.54) is 382 Å². The van der Waals surface area contributed by atoms with Gasteiger partial charge in [-0.25, -0.2) is 9.59 Å². The van der Waals surface area contributed by atoms with Gasteiger partial charge in [-0.15, -0.1) is 0 Å². The Morgan fingerprint density at radius 3 is 0.500 bits per heavy atom. The van der Waals surface area contributed by atoms with Crippen LogP contribution in [0.2, 0.25) is 0 Å². The molecule has 4 N–H and O–H groups in total. The monoisotopic (exact) mass is 2010 g/mol. The first-order valence-electron chi connectivity index (χ1n) is 61.0. The molecule has 0 bridgehead atoms. The van der Waals surface area contributed by atoms with Crippen LogP contribution in [0.5, 0.6) is 0 Å². The van der Waals surface area contributed by atoms with E-state index in [9.17, 15) is 19.2 Å². The first kappa shape index (κ1) is 153. The smallest absolute Gasteiger partial charge is 0.327 e. The third kappa shape index (κ3) is 164. The standard InChI is InChI=1S/C16H34.C15H24.C14H22.C14H30.C13H20.C13H28.C12H18.C11H22O2.C10H20O2.2C6H10O2.C6H14/c1-4-5-6-7-8-9-10-11-12-13-14-15-16(2)3;1-14(2)10-6-3-4-7-11-15-12-8-5-9-13-15;1-13(2)9-5-3-6-10-14-11-7-4-8-12-14;1-4-5-6-7-8-9-10-11-12-13-14(2)3;1-12(2)8-6-7-11-13-9-4-3-5-10-13;1-4-5-6-7-8-9-10-11-12-13(2)3;1-11(2)7-6-10-12-8-4-3-5-9-12;1-10(2)8-6-4-3-5-7-9-11(12)13;1-9(2)7-5-3-4-6-8-10(11)12;2*1-5(2)3-4-6(7)8;1-5(2)6(3)4/h16H,4-15H2,1-3H3;5,8-9,12-14H,3-4,6-7,10-11H2,1-2H3;4,7-8,11-13H,3,5-6,9-10H2,1-2H3;14H,4-13H2,1-3H3;3-5,9-10,12H,6-8,11H2,1-2H3;13H,4-12H2,1-3H3;3-5,8-9,11H,6-7,10H2,1-2H3;10H,3-9H2,1-2H3,(H,12,13);9H,3-8H2,1-2H3,(H,11,12);2*3-5H,1-2H3,(H,7,8);5-6H,1-4H3/b;;;;;;;;;4-3+;4-3-;. The molecule has 4 aromatic rings. The number of carboxylic acid groups (broad SMARTS) is 4. The zero-order valence-electron chi connectivity index (χ0n) is 102. The van der Waals surface area contributed by atoms with Gasteiger partial charge in [-0.05, 0) is 163 Å². The maximum absolute atomic E-state index is 10.2. The van der Waals surface area contributed by atoms with Crippen molar-refractivity contribution >= 4 is 23.9 Å². The number of allylic oxidation sites excluding steroid dienone is 2. The molecule has 844 valence electrons. The summed E-state index contributed by atoms with van der Waals surface area (Å²) in [6, 6.07) is 43.1. The molecule has 0 heterocycles. The highest BCUT2D eigenvalue weighted by Crippen LogP contribution is 2.21. The molecule has 0 amide bonds. The largest absolute Gasteiger partial charge is 0.481 e. The van der Waals surface area contributed by atoms with Crippen molar-refractivity contribution in [2.24, 2.45) is 76.9 Å². The lowest BCUT2D eigenvalue weighted by Gasteiger charge is -2.05. The second kappa shape index (κ2) is 124. The predicted molar refractivity (Wildman–Crippen MR) is 647 cm³/mol. The average Bonchev–Trinajstić information content (AvgIpc) is 0.883. The number of hydrogen-bond donors (Lipinski definition) is 4. The summed E-state index contributed by atoms with van der Waals surface area (Å²) < 4.78 is 0. The minimum absolute atomic E-state index is 0.325. The summed E-state index contributed by atoms with van der Waals surface area (Å²) in [6.07, 6.45) is 88.0. The van der Waals surface area contributed by atoms with Gasteiger partial charge in [0.2, 0.25) is 0 Å². The Morgan fingerprint density at radius 1 is 0.194 bits per heavy atom. The third-order valence-corrected chi connectivity index (χ3v) is 25.4. The minimum Gasteiger partial charge on any atom is -0.481 e. The SMILES string of the molecule is CC(C)/C=C/C(=O)O.CC(C)/C=C\C(=O)O.CC(C)C(C)C.CC(C)CCCCCCC(=O)O.CC(C)CCCCCCCC(=O)O.CC(C)CCCCCCc1ccccc1.CC(C)CCCCCc1ccccc1.CC(C)CCCCc1ccccc1.CC(C)CCCc1ccccc1.CCCCCCCCCCC(C)C.CCCCCCCCCCCC(C)C.CCCCCCCCCCCCCC(C)C. The van der Waals surface area contributed by atoms with Gasteiger partial charge in [0.05, 0.1) is 0 Å². The molecule has 0 fully saturated rings. The number of aryl methyl sites for hydroxylation is 4. The zero-order chi connectivity index (χ0) is 110. The van der Waals surface area contributed by atoms with Crippen LogP contribution >= 0.6 is 0 Å². The molecule has 0 saturated heterocycles. The van der Waals surface area contributed by atoms with Crippen molar-refractivity contribution in [3.8, 4) is 0 Å². The van der Waals surface area contributed by atoms with Crippen molar-refractivity contribution in [2.45, 2.75) is 599 Å². The Balaban J connectivity index is -0.000000235. The van der Waals surface area contributed by atoms with Gasteiger partial charge in [0.15, 0.2) is 0 Å². The summed E-state index contributed by atoms with van der Waals surface area (Å²) in [6.45, 7) is 64.8. The van der Waals surface area contributed by atoms with Crippen molar-refractivity contribution in [1.29, 1.82) is 0 Å². The van der Waals surface area contributed by atoms with Crippen molar-refractivity contribution in [2.75, 3.05) is 0 Å². The first-order chi connectivity index (χ1) is 68.6. The number of aliphatic carboxylic acids is 4. The van der Waals surface area contributed by atoms with Gasteiger partial charge in [-0.1, -0.05) is 655 Å². The fraction of sp³-hybridized carbons (Fsp3) is 0.765. The van der Waals surface area contributed by atoms with E-state index < -0.39 is 23.9 Å². The highest BCUT2D eigenvalue weighted by atomic mass is 16.4. The van der Waals surface area contributed by atoms with Crippen LogP contribution in [-0.2, 0) is 44.9 Å². The maximum atomic E-state index is 10.2. The van der Waals surface area contributed by atoms with E-state index in [2.05, 4.69) is 294 Å². The van der Waals surface area contributed by atoms with E-state index in [1.807, 2.05) is 27.7 Å². The molecule has 0 aliphatic carbocycles. The quantitative estimate of drug-likeness (QED) is 0.0252. The van der Waals surface area contributed by atoms with Gasteiger partial charge in [-0.3, -0.25) is 9.59 Å². The van der Waals surface area contributed by atoms with E-state index in [-0.39, 0.29) is 0 Å². The molecule has 0 saturated carbocycles. The molecule has 4 rings (SSSR count). The summed E-state index contributed by atoms with van der Waals surface area (Å²) in [5, 5.41) is 32.9. The number of carboxylic acids is 4. The van der Waals surface area contributed by atoms with Crippen molar-refractivity contribution < 1.29 is 39.6 Å². The Labute approximate surface area is 901 Å². The molecule has 144 heavy (non-hydrogen) atoms. The third-order valence-electron chi connectivity index (χ3n) is 25.4. The summed E-state index contributed by atoms with van der Waals surface area (Å²) in [5.41, 5.74) is 5.92. The van der Waals surface area contributed by atoms with Crippen molar-refractivity contribution in [1.82, 2.24) is 0 Å². The highest BCUT2D eigenvalue weighted by Gasteiger charge is 2.06. The fourth-order valence-electron chi connectivity index (χ4n) is 15.3. The van der Waals surface area contributed by atoms with Crippen molar-refractivity contribution in [3.05, 3.63) is 168 Å². The Bertz CT molecular complexity index is 3090. The van der Waals surface area contributed by atoms with Crippen LogP contribution in [0.3, 0.4) is 0 Å². The summed E-state index contributed by atoms with van der Waals surface area (Å²) >= 11 is 0. The lowest BCUT2D eigenvalue weighted by atomic mass is 10.0. The van der Waals surface area contributed by atoms with Gasteiger partial charge in [0.1, 0.15) is 0 Å². The molecule has 0 aliphatic rings. The molecule has 0 radical (unpaired) electrons. The van der Waals surface area contributed by atoms with Crippen LogP contribution in [-0.4, -0.2) is 44.3 Å². The van der Waals surface area contributed by atoms with E-state index in [0.29, 0.717) is 24.7 Å². The molecule has 0 spiro atoms. The molecular formula is C136H252O8. The average molecular weight is 2020 g/mol. The van der Waals surface area contributed by atoms with Gasteiger partial charge in [0.25, 0.3) is 0 Å². The predicted octanol–water partition coefficient (Wildman–Crippen LogP) is 45.5. The Morgan fingerprint density at radius 2 is 0.340 bits per heavy atom.